The van der Waals surface area contributed by atoms with Gasteiger partial charge in [0.2, 0.25) is 0 Å². The molecule has 3 heterocycles. The van der Waals surface area contributed by atoms with Crippen molar-refractivity contribution in [2.45, 2.75) is 6.92 Å². The predicted octanol–water partition coefficient (Wildman–Crippen LogP) is 9.45. The van der Waals surface area contributed by atoms with Gasteiger partial charge >= 0.3 is 5.97 Å². The van der Waals surface area contributed by atoms with E-state index < -0.39 is 5.97 Å². The molecule has 0 spiro atoms. The van der Waals surface area contributed by atoms with Gasteiger partial charge in [0, 0.05) is 37.8 Å². The smallest absolute Gasteiger partial charge is 0.360 e. The molecule has 6 aromatic rings. The Bertz CT molecular complexity index is 1650. The first kappa shape index (κ1) is 24.9. The summed E-state index contributed by atoms with van der Waals surface area (Å²) < 4.78 is 10.4. The van der Waals surface area contributed by atoms with Gasteiger partial charge < -0.3 is 14.2 Å². The molecule has 5 nitrogen and oxygen atoms in total. The highest BCUT2D eigenvalue weighted by Gasteiger charge is 2.17. The molecule has 0 aliphatic carbocycles. The average Bonchev–Trinajstić information content (AvgIpc) is 3.76. The van der Waals surface area contributed by atoms with Crippen LogP contribution in [0.3, 0.4) is 0 Å². The average molecular weight is 549 g/mol. The summed E-state index contributed by atoms with van der Waals surface area (Å²) in [6, 6.07) is 39.5. The lowest BCUT2D eigenvalue weighted by molar-refractivity contribution is 0.0514. The highest BCUT2D eigenvalue weighted by atomic mass is 32.1. The van der Waals surface area contributed by atoms with Crippen molar-refractivity contribution in [3.05, 3.63) is 121 Å². The maximum Gasteiger partial charge on any atom is 0.360 e. The number of ether oxygens (including phenoxy) is 1. The molecular weight excluding hydrogens is 524 g/mol. The number of hydrogen-bond donors (Lipinski definition) is 0. The summed E-state index contributed by atoms with van der Waals surface area (Å²) in [7, 11) is 0. The van der Waals surface area contributed by atoms with Crippen molar-refractivity contribution in [1.82, 2.24) is 5.16 Å². The van der Waals surface area contributed by atoms with Crippen LogP contribution in [-0.4, -0.2) is 17.7 Å². The van der Waals surface area contributed by atoms with E-state index in [1.807, 2.05) is 18.2 Å². The van der Waals surface area contributed by atoms with Crippen LogP contribution < -0.4 is 4.90 Å². The van der Waals surface area contributed by atoms with E-state index in [1.54, 1.807) is 35.7 Å². The number of nitrogens with zero attached hydrogens (tertiary/aromatic N) is 2. The molecule has 0 saturated heterocycles. The van der Waals surface area contributed by atoms with Gasteiger partial charge in [0.25, 0.3) is 0 Å². The number of carbonyl (C=O) groups is 1. The van der Waals surface area contributed by atoms with E-state index in [0.717, 1.165) is 26.8 Å². The minimum Gasteiger partial charge on any atom is -0.461 e. The molecule has 0 N–H and O–H groups in total. The molecular formula is C32H24N2O3S2. The van der Waals surface area contributed by atoms with Gasteiger partial charge in [0.1, 0.15) is 0 Å². The Hall–Kier alpha value is -4.46. The monoisotopic (exact) mass is 548 g/mol. The Morgan fingerprint density at radius 3 is 1.87 bits per heavy atom. The number of hydrogen-bond acceptors (Lipinski definition) is 7. The molecule has 0 amide bonds. The van der Waals surface area contributed by atoms with E-state index in [0.29, 0.717) is 12.4 Å². The second kappa shape index (κ2) is 11.1. The molecule has 0 atom stereocenters. The van der Waals surface area contributed by atoms with E-state index >= 15 is 0 Å². The zero-order valence-electron chi connectivity index (χ0n) is 21.1. The molecule has 0 aliphatic heterocycles. The SMILES string of the molecule is CCOC(=O)c1cc(-c2ccc(-c3ccc(-c4ccc(N(c5ccccc5)c5ccccc5)cc4)s3)s2)on1. The summed E-state index contributed by atoms with van der Waals surface area (Å²) in [6.45, 7) is 2.06. The van der Waals surface area contributed by atoms with Crippen molar-refractivity contribution in [1.29, 1.82) is 0 Å². The minimum atomic E-state index is -0.478. The highest BCUT2D eigenvalue weighted by molar-refractivity contribution is 7.25. The van der Waals surface area contributed by atoms with Crippen LogP contribution in [0.15, 0.2) is 120 Å². The maximum atomic E-state index is 11.9. The van der Waals surface area contributed by atoms with Gasteiger partial charge in [-0.1, -0.05) is 53.7 Å². The highest BCUT2D eigenvalue weighted by Crippen LogP contribution is 2.41. The lowest BCUT2D eigenvalue weighted by atomic mass is 10.1. The van der Waals surface area contributed by atoms with Gasteiger partial charge in [-0.15, -0.1) is 22.7 Å². The van der Waals surface area contributed by atoms with Gasteiger partial charge in [-0.25, -0.2) is 4.79 Å². The van der Waals surface area contributed by atoms with Crippen LogP contribution in [0.4, 0.5) is 17.1 Å². The Kier molecular flexibility index (Phi) is 7.08. The van der Waals surface area contributed by atoms with Gasteiger partial charge in [-0.3, -0.25) is 0 Å². The lowest BCUT2D eigenvalue weighted by Gasteiger charge is -2.25. The van der Waals surface area contributed by atoms with E-state index in [9.17, 15) is 4.79 Å². The molecule has 0 radical (unpaired) electrons. The first-order chi connectivity index (χ1) is 19.2. The number of thiophene rings is 2. The molecule has 192 valence electrons. The number of benzene rings is 3. The zero-order valence-corrected chi connectivity index (χ0v) is 22.7. The van der Waals surface area contributed by atoms with Crippen molar-refractivity contribution in [3.63, 3.8) is 0 Å². The Labute approximate surface area is 234 Å². The zero-order chi connectivity index (χ0) is 26.6. The molecule has 3 aromatic heterocycles. The number of para-hydroxylation sites is 2. The van der Waals surface area contributed by atoms with E-state index in [4.69, 9.17) is 9.26 Å². The number of aromatic nitrogens is 1. The van der Waals surface area contributed by atoms with Crippen molar-refractivity contribution in [2.75, 3.05) is 11.5 Å². The quantitative estimate of drug-likeness (QED) is 0.177. The molecule has 0 fully saturated rings. The van der Waals surface area contributed by atoms with Crippen LogP contribution in [0.1, 0.15) is 17.4 Å². The van der Waals surface area contributed by atoms with Crippen LogP contribution in [-0.2, 0) is 4.74 Å². The first-order valence-electron chi connectivity index (χ1n) is 12.5. The van der Waals surface area contributed by atoms with Crippen molar-refractivity contribution in [2.24, 2.45) is 0 Å². The maximum absolute atomic E-state index is 11.9. The second-order valence-electron chi connectivity index (χ2n) is 8.68. The number of esters is 1. The van der Waals surface area contributed by atoms with Gasteiger partial charge in [-0.05, 0) is 73.2 Å². The molecule has 6 rings (SSSR count). The molecule has 3 aromatic carbocycles. The third-order valence-electron chi connectivity index (χ3n) is 6.13. The topological polar surface area (TPSA) is 55.6 Å². The molecule has 39 heavy (non-hydrogen) atoms. The second-order valence-corrected chi connectivity index (χ2v) is 10.8. The van der Waals surface area contributed by atoms with E-state index in [1.165, 1.54) is 15.3 Å². The van der Waals surface area contributed by atoms with Gasteiger partial charge in [0.05, 0.1) is 11.5 Å². The van der Waals surface area contributed by atoms with Crippen molar-refractivity contribution >= 4 is 45.7 Å². The fraction of sp³-hybridized carbons (Fsp3) is 0.0625. The van der Waals surface area contributed by atoms with E-state index in [2.05, 4.69) is 101 Å². The van der Waals surface area contributed by atoms with Gasteiger partial charge in [-0.2, -0.15) is 0 Å². The Morgan fingerprint density at radius 2 is 1.26 bits per heavy atom. The summed E-state index contributed by atoms with van der Waals surface area (Å²) >= 11 is 3.35. The number of rotatable bonds is 8. The Balaban J connectivity index is 1.23. The molecule has 0 bridgehead atoms. The number of carbonyl (C=O) groups excluding carboxylic acids is 1. The summed E-state index contributed by atoms with van der Waals surface area (Å²) in [6.07, 6.45) is 0. The van der Waals surface area contributed by atoms with Crippen molar-refractivity contribution < 1.29 is 14.1 Å². The fourth-order valence-corrected chi connectivity index (χ4v) is 6.35. The largest absolute Gasteiger partial charge is 0.461 e. The predicted molar refractivity (Wildman–Crippen MR) is 159 cm³/mol. The third-order valence-corrected chi connectivity index (χ3v) is 8.56. The standard InChI is InChI=1S/C32H24N2O3S2/c1-2-36-32(35)26-21-27(37-33-26)29-18-20-31(39-29)30-19-17-28(38-30)22-13-15-25(16-14-22)34(23-9-5-3-6-10-23)24-11-7-4-8-12-24/h3-21H,2H2,1H3. The summed E-state index contributed by atoms with van der Waals surface area (Å²) in [5, 5.41) is 3.85. The van der Waals surface area contributed by atoms with Crippen LogP contribution in [0, 0.1) is 0 Å². The fourth-order valence-electron chi connectivity index (χ4n) is 4.30. The molecule has 0 saturated carbocycles. The number of anilines is 3. The van der Waals surface area contributed by atoms with Crippen LogP contribution >= 0.6 is 22.7 Å². The van der Waals surface area contributed by atoms with Crippen molar-refractivity contribution in [3.8, 4) is 30.8 Å². The van der Waals surface area contributed by atoms with Crippen LogP contribution in [0.2, 0.25) is 0 Å². The first-order valence-corrected chi connectivity index (χ1v) is 14.2. The normalized spacial score (nSPS) is 10.9. The van der Waals surface area contributed by atoms with Gasteiger partial charge in [0.15, 0.2) is 11.5 Å². The summed E-state index contributed by atoms with van der Waals surface area (Å²) in [5.41, 5.74) is 4.68. The van der Waals surface area contributed by atoms with E-state index in [-0.39, 0.29) is 5.69 Å². The minimum absolute atomic E-state index is 0.182. The molecule has 0 unspecified atom stereocenters. The third kappa shape index (κ3) is 5.27. The Morgan fingerprint density at radius 1 is 0.718 bits per heavy atom. The summed E-state index contributed by atoms with van der Waals surface area (Å²) in [5.74, 6) is 0.0805. The summed E-state index contributed by atoms with van der Waals surface area (Å²) in [4.78, 5) is 18.6. The lowest BCUT2D eigenvalue weighted by Crippen LogP contribution is -2.09. The van der Waals surface area contributed by atoms with Crippen LogP contribution in [0.5, 0.6) is 0 Å². The molecule has 0 aliphatic rings. The van der Waals surface area contributed by atoms with Crippen LogP contribution in [0.25, 0.3) is 30.8 Å². The molecule has 7 heteroatoms.